The van der Waals surface area contributed by atoms with Gasteiger partial charge in [-0.1, -0.05) is 91.0 Å². The summed E-state index contributed by atoms with van der Waals surface area (Å²) < 4.78 is 6.76. The minimum absolute atomic E-state index is 0.756. The monoisotopic (exact) mass is 349 g/mol. The van der Waals surface area contributed by atoms with E-state index in [1.807, 2.05) is 30.3 Å². The van der Waals surface area contributed by atoms with E-state index in [0.717, 1.165) is 28.3 Å². The third-order valence-corrected chi connectivity index (χ3v) is 5.02. The number of fused-ring (bicyclic) bond motifs is 1. The summed E-state index contributed by atoms with van der Waals surface area (Å²) in [4.78, 5) is 2.30. The molecule has 0 saturated heterocycles. The highest BCUT2D eigenvalue weighted by Crippen LogP contribution is 2.53. The zero-order chi connectivity index (χ0) is 18.1. The Bertz CT molecular complexity index is 1010. The maximum Gasteiger partial charge on any atom is 0.240 e. The van der Waals surface area contributed by atoms with Crippen LogP contribution in [0.25, 0.3) is 0 Å². The van der Waals surface area contributed by atoms with E-state index in [-0.39, 0.29) is 0 Å². The first-order valence-corrected chi connectivity index (χ1v) is 9.14. The zero-order valence-electron chi connectivity index (χ0n) is 14.8. The molecule has 0 aliphatic carbocycles. The highest BCUT2D eigenvalue weighted by Gasteiger charge is 2.49. The summed E-state index contributed by atoms with van der Waals surface area (Å²) in [6.07, 6.45) is 0. The molecule has 130 valence electrons. The summed E-state index contributed by atoms with van der Waals surface area (Å²) >= 11 is 0. The van der Waals surface area contributed by atoms with Crippen molar-refractivity contribution in [1.82, 2.24) is 0 Å². The molecule has 2 nitrogen and oxygen atoms in total. The lowest BCUT2D eigenvalue weighted by Crippen LogP contribution is -2.45. The van der Waals surface area contributed by atoms with E-state index in [2.05, 4.69) is 89.8 Å². The standard InChI is InChI=1S/C25H19NO/c1-4-12-20(13-5-1)25(21-14-6-2-7-15-21)26(22-16-8-3-9-17-22)23-18-10-11-19-24(23)27-25/h1-19H. The van der Waals surface area contributed by atoms with Crippen LogP contribution >= 0.6 is 0 Å². The fraction of sp³-hybridized carbons (Fsp3) is 0.0400. The fourth-order valence-electron chi connectivity index (χ4n) is 3.87. The van der Waals surface area contributed by atoms with Crippen LogP contribution in [-0.4, -0.2) is 0 Å². The molecule has 5 rings (SSSR count). The number of rotatable bonds is 3. The van der Waals surface area contributed by atoms with Gasteiger partial charge < -0.3 is 4.74 Å². The Balaban J connectivity index is 1.84. The Labute approximate surface area is 159 Å². The summed E-state index contributed by atoms with van der Waals surface area (Å²) in [7, 11) is 0. The van der Waals surface area contributed by atoms with Gasteiger partial charge in [0.05, 0.1) is 5.69 Å². The van der Waals surface area contributed by atoms with E-state index in [4.69, 9.17) is 4.74 Å². The minimum Gasteiger partial charge on any atom is -0.457 e. The second-order valence-corrected chi connectivity index (χ2v) is 6.62. The fourth-order valence-corrected chi connectivity index (χ4v) is 3.87. The Hall–Kier alpha value is -3.52. The molecule has 27 heavy (non-hydrogen) atoms. The van der Waals surface area contributed by atoms with Crippen molar-refractivity contribution in [2.24, 2.45) is 0 Å². The Morgan fingerprint density at radius 1 is 0.519 bits per heavy atom. The molecule has 0 fully saturated rings. The van der Waals surface area contributed by atoms with Crippen LogP contribution in [0.3, 0.4) is 0 Å². The van der Waals surface area contributed by atoms with Crippen molar-refractivity contribution in [2.75, 3.05) is 4.90 Å². The normalized spacial score (nSPS) is 14.4. The van der Waals surface area contributed by atoms with Crippen LogP contribution in [-0.2, 0) is 5.72 Å². The molecular formula is C25H19NO. The van der Waals surface area contributed by atoms with Crippen molar-refractivity contribution in [1.29, 1.82) is 0 Å². The maximum absolute atomic E-state index is 6.76. The van der Waals surface area contributed by atoms with Crippen LogP contribution in [0, 0.1) is 0 Å². The molecule has 0 radical (unpaired) electrons. The second kappa shape index (κ2) is 6.33. The Kier molecular flexibility index (Phi) is 3.68. The van der Waals surface area contributed by atoms with Gasteiger partial charge in [-0.2, -0.15) is 0 Å². The van der Waals surface area contributed by atoms with E-state index in [0.29, 0.717) is 0 Å². The Morgan fingerprint density at radius 2 is 1.00 bits per heavy atom. The van der Waals surface area contributed by atoms with Gasteiger partial charge in [0.2, 0.25) is 5.72 Å². The molecule has 0 spiro atoms. The molecule has 4 aromatic rings. The van der Waals surface area contributed by atoms with E-state index in [1.54, 1.807) is 0 Å². The van der Waals surface area contributed by atoms with Gasteiger partial charge in [0.15, 0.2) is 0 Å². The summed E-state index contributed by atoms with van der Waals surface area (Å²) in [6, 6.07) is 39.6. The largest absolute Gasteiger partial charge is 0.457 e. The number of anilines is 2. The molecule has 0 amide bonds. The van der Waals surface area contributed by atoms with Gasteiger partial charge in [0, 0.05) is 16.8 Å². The van der Waals surface area contributed by atoms with Crippen molar-refractivity contribution in [3.8, 4) is 5.75 Å². The summed E-state index contributed by atoms with van der Waals surface area (Å²) in [5.41, 5.74) is 3.59. The number of nitrogens with zero attached hydrogens (tertiary/aromatic N) is 1. The molecule has 0 aromatic heterocycles. The zero-order valence-corrected chi connectivity index (χ0v) is 14.8. The van der Waals surface area contributed by atoms with Gasteiger partial charge in [-0.3, -0.25) is 4.90 Å². The van der Waals surface area contributed by atoms with Crippen LogP contribution in [0.4, 0.5) is 11.4 Å². The van der Waals surface area contributed by atoms with Gasteiger partial charge in [0.1, 0.15) is 5.75 Å². The van der Waals surface area contributed by atoms with Gasteiger partial charge in [-0.15, -0.1) is 0 Å². The molecule has 0 N–H and O–H groups in total. The number of hydrogen-bond donors (Lipinski definition) is 0. The van der Waals surface area contributed by atoms with Crippen LogP contribution in [0.5, 0.6) is 5.75 Å². The van der Waals surface area contributed by atoms with Crippen molar-refractivity contribution in [2.45, 2.75) is 5.72 Å². The van der Waals surface area contributed by atoms with Gasteiger partial charge in [-0.05, 0) is 24.3 Å². The first kappa shape index (κ1) is 15.7. The topological polar surface area (TPSA) is 12.5 Å². The predicted molar refractivity (Wildman–Crippen MR) is 109 cm³/mol. The van der Waals surface area contributed by atoms with Crippen molar-refractivity contribution >= 4 is 11.4 Å². The first-order valence-electron chi connectivity index (χ1n) is 9.14. The molecule has 0 saturated carbocycles. The second-order valence-electron chi connectivity index (χ2n) is 6.62. The van der Waals surface area contributed by atoms with Crippen molar-refractivity contribution in [3.05, 3.63) is 126 Å². The lowest BCUT2D eigenvalue weighted by atomic mass is 9.92. The minimum atomic E-state index is -0.756. The van der Waals surface area contributed by atoms with Gasteiger partial charge in [0.25, 0.3) is 0 Å². The molecular weight excluding hydrogens is 330 g/mol. The third-order valence-electron chi connectivity index (χ3n) is 5.02. The van der Waals surface area contributed by atoms with Crippen LogP contribution in [0.1, 0.15) is 11.1 Å². The predicted octanol–water partition coefficient (Wildman–Crippen LogP) is 6.12. The summed E-state index contributed by atoms with van der Waals surface area (Å²) in [5.74, 6) is 0.883. The SMILES string of the molecule is c1ccc(N2c3ccccc3OC2(c2ccccc2)c2ccccc2)cc1. The van der Waals surface area contributed by atoms with E-state index in [9.17, 15) is 0 Å². The quantitative estimate of drug-likeness (QED) is 0.442. The van der Waals surface area contributed by atoms with Gasteiger partial charge in [-0.25, -0.2) is 0 Å². The number of ether oxygens (including phenoxy) is 1. The smallest absolute Gasteiger partial charge is 0.240 e. The molecule has 4 aromatic carbocycles. The molecule has 0 bridgehead atoms. The van der Waals surface area contributed by atoms with Gasteiger partial charge >= 0.3 is 0 Å². The van der Waals surface area contributed by atoms with E-state index < -0.39 is 5.72 Å². The highest BCUT2D eigenvalue weighted by molar-refractivity contribution is 5.77. The number of benzene rings is 4. The first-order chi connectivity index (χ1) is 13.4. The average molecular weight is 349 g/mol. The highest BCUT2D eigenvalue weighted by atomic mass is 16.5. The van der Waals surface area contributed by atoms with E-state index >= 15 is 0 Å². The maximum atomic E-state index is 6.76. The molecule has 2 heteroatoms. The van der Waals surface area contributed by atoms with Crippen LogP contribution < -0.4 is 9.64 Å². The Morgan fingerprint density at radius 3 is 1.59 bits per heavy atom. The molecule has 1 aliphatic heterocycles. The third kappa shape index (κ3) is 2.42. The number of hydrogen-bond acceptors (Lipinski definition) is 2. The van der Waals surface area contributed by atoms with Crippen LogP contribution in [0.15, 0.2) is 115 Å². The van der Waals surface area contributed by atoms with E-state index in [1.165, 1.54) is 0 Å². The lowest BCUT2D eigenvalue weighted by Gasteiger charge is -2.39. The van der Waals surface area contributed by atoms with Crippen molar-refractivity contribution in [3.63, 3.8) is 0 Å². The molecule has 0 unspecified atom stereocenters. The van der Waals surface area contributed by atoms with Crippen molar-refractivity contribution < 1.29 is 4.74 Å². The summed E-state index contributed by atoms with van der Waals surface area (Å²) in [6.45, 7) is 0. The van der Waals surface area contributed by atoms with Crippen LogP contribution in [0.2, 0.25) is 0 Å². The molecule has 1 heterocycles. The molecule has 1 aliphatic rings. The molecule has 0 atom stereocenters. The number of para-hydroxylation sites is 3. The summed E-state index contributed by atoms with van der Waals surface area (Å²) in [5, 5.41) is 0. The average Bonchev–Trinajstić information content (AvgIpc) is 3.12. The lowest BCUT2D eigenvalue weighted by molar-refractivity contribution is 0.143.